The van der Waals surface area contributed by atoms with Gasteiger partial charge in [0.2, 0.25) is 0 Å². The van der Waals surface area contributed by atoms with Crippen molar-refractivity contribution in [2.45, 2.75) is 19.8 Å². The Morgan fingerprint density at radius 1 is 1.55 bits per heavy atom. The molecule has 1 aliphatic rings. The van der Waals surface area contributed by atoms with Crippen LogP contribution in [0.25, 0.3) is 0 Å². The Balaban J connectivity index is 1.99. The van der Waals surface area contributed by atoms with Crippen molar-refractivity contribution in [3.63, 3.8) is 0 Å². The first-order valence-corrected chi connectivity index (χ1v) is 4.59. The van der Waals surface area contributed by atoms with Gasteiger partial charge in [-0.15, -0.1) is 0 Å². The number of likely N-dealkylation sites (tertiary alicyclic amines) is 1. The normalized spacial score (nSPS) is 26.2. The van der Waals surface area contributed by atoms with Gasteiger partial charge < -0.3 is 9.64 Å². The van der Waals surface area contributed by atoms with Crippen LogP contribution in [0.5, 0.6) is 0 Å². The Labute approximate surface area is 69.5 Å². The molecule has 0 aromatic carbocycles. The van der Waals surface area contributed by atoms with Gasteiger partial charge in [-0.25, -0.2) is 0 Å². The highest BCUT2D eigenvalue weighted by molar-refractivity contribution is 4.71. The second kappa shape index (κ2) is 4.73. The summed E-state index contributed by atoms with van der Waals surface area (Å²) in [6.07, 6.45) is 2.46. The van der Waals surface area contributed by atoms with Crippen LogP contribution in [0.2, 0.25) is 0 Å². The summed E-state index contributed by atoms with van der Waals surface area (Å²) in [5, 5.41) is 0. The van der Waals surface area contributed by atoms with E-state index in [1.165, 1.54) is 19.5 Å². The third kappa shape index (κ3) is 3.21. The molecule has 1 atom stereocenters. The minimum atomic E-state index is 0.798. The molecule has 0 N–H and O–H groups in total. The van der Waals surface area contributed by atoms with Gasteiger partial charge in [-0.05, 0) is 32.4 Å². The zero-order chi connectivity index (χ0) is 8.10. The summed E-state index contributed by atoms with van der Waals surface area (Å²) in [5.41, 5.74) is 0. The van der Waals surface area contributed by atoms with Crippen LogP contribution in [0.1, 0.15) is 19.8 Å². The molecule has 0 radical (unpaired) electrons. The topological polar surface area (TPSA) is 12.5 Å². The zero-order valence-electron chi connectivity index (χ0n) is 7.68. The number of nitrogens with zero attached hydrogens (tertiary/aromatic N) is 1. The fourth-order valence-electron chi connectivity index (χ4n) is 1.56. The minimum Gasteiger partial charge on any atom is -0.381 e. The van der Waals surface area contributed by atoms with E-state index in [1.54, 1.807) is 0 Å². The largest absolute Gasteiger partial charge is 0.381 e. The summed E-state index contributed by atoms with van der Waals surface area (Å²) in [6.45, 7) is 6.53. The Kier molecular flexibility index (Phi) is 3.87. The van der Waals surface area contributed by atoms with Crippen molar-refractivity contribution in [2.24, 2.45) is 5.92 Å². The van der Waals surface area contributed by atoms with Crippen molar-refractivity contribution in [1.29, 1.82) is 0 Å². The Morgan fingerprint density at radius 3 is 2.91 bits per heavy atom. The molecule has 1 saturated heterocycles. The summed E-state index contributed by atoms with van der Waals surface area (Å²) in [7, 11) is 2.18. The minimum absolute atomic E-state index is 0.798. The molecule has 0 amide bonds. The Hall–Kier alpha value is -0.0800. The molecule has 66 valence electrons. The third-order valence-corrected chi connectivity index (χ3v) is 2.19. The molecule has 0 aromatic heterocycles. The maximum absolute atomic E-state index is 5.49. The lowest BCUT2D eigenvalue weighted by atomic mass is 10.1. The van der Waals surface area contributed by atoms with Crippen LogP contribution >= 0.6 is 0 Å². The van der Waals surface area contributed by atoms with Crippen LogP contribution in [0.15, 0.2) is 0 Å². The SMILES string of the molecule is CCCOCC1CCN(C)C1. The fraction of sp³-hybridized carbons (Fsp3) is 1.00. The predicted molar refractivity (Wildman–Crippen MR) is 46.7 cm³/mol. The molecule has 0 spiro atoms. The maximum Gasteiger partial charge on any atom is 0.0506 e. The van der Waals surface area contributed by atoms with Crippen LogP contribution in [-0.2, 0) is 4.74 Å². The van der Waals surface area contributed by atoms with Gasteiger partial charge in [-0.1, -0.05) is 6.92 Å². The van der Waals surface area contributed by atoms with E-state index in [1.807, 2.05) is 0 Å². The smallest absolute Gasteiger partial charge is 0.0506 e. The van der Waals surface area contributed by atoms with Gasteiger partial charge in [0.1, 0.15) is 0 Å². The van der Waals surface area contributed by atoms with Gasteiger partial charge in [0.15, 0.2) is 0 Å². The van der Waals surface area contributed by atoms with Crippen molar-refractivity contribution in [2.75, 3.05) is 33.4 Å². The number of rotatable bonds is 4. The second-order valence-electron chi connectivity index (χ2n) is 3.49. The second-order valence-corrected chi connectivity index (χ2v) is 3.49. The summed E-state index contributed by atoms with van der Waals surface area (Å²) >= 11 is 0. The molecule has 0 aliphatic carbocycles. The van der Waals surface area contributed by atoms with Crippen molar-refractivity contribution in [1.82, 2.24) is 4.90 Å². The lowest BCUT2D eigenvalue weighted by Gasteiger charge is -2.09. The molecule has 1 unspecified atom stereocenters. The highest BCUT2D eigenvalue weighted by Crippen LogP contribution is 2.14. The van der Waals surface area contributed by atoms with Gasteiger partial charge >= 0.3 is 0 Å². The van der Waals surface area contributed by atoms with Crippen molar-refractivity contribution < 1.29 is 4.74 Å². The maximum atomic E-state index is 5.49. The van der Waals surface area contributed by atoms with E-state index in [-0.39, 0.29) is 0 Å². The van der Waals surface area contributed by atoms with Gasteiger partial charge in [-0.2, -0.15) is 0 Å². The molecule has 1 fully saturated rings. The van der Waals surface area contributed by atoms with E-state index in [4.69, 9.17) is 4.74 Å². The van der Waals surface area contributed by atoms with Crippen LogP contribution in [0.3, 0.4) is 0 Å². The monoisotopic (exact) mass is 157 g/mol. The molecule has 11 heavy (non-hydrogen) atoms. The number of hydrogen-bond donors (Lipinski definition) is 0. The first-order chi connectivity index (χ1) is 5.33. The quantitative estimate of drug-likeness (QED) is 0.571. The standard InChI is InChI=1S/C9H19NO/c1-3-6-11-8-9-4-5-10(2)7-9/h9H,3-8H2,1-2H3. The summed E-state index contributed by atoms with van der Waals surface area (Å²) in [6, 6.07) is 0. The molecule has 2 heteroatoms. The molecule has 0 aromatic rings. The van der Waals surface area contributed by atoms with Crippen LogP contribution < -0.4 is 0 Å². The summed E-state index contributed by atoms with van der Waals surface area (Å²) in [4.78, 5) is 2.37. The van der Waals surface area contributed by atoms with E-state index in [9.17, 15) is 0 Å². The molecule has 1 heterocycles. The Bertz CT molecular complexity index is 106. The zero-order valence-corrected chi connectivity index (χ0v) is 7.68. The van der Waals surface area contributed by atoms with Crippen LogP contribution in [0.4, 0.5) is 0 Å². The average molecular weight is 157 g/mol. The van der Waals surface area contributed by atoms with Crippen molar-refractivity contribution in [3.05, 3.63) is 0 Å². The van der Waals surface area contributed by atoms with Gasteiger partial charge in [0.05, 0.1) is 6.61 Å². The molecule has 1 aliphatic heterocycles. The number of ether oxygens (including phenoxy) is 1. The van der Waals surface area contributed by atoms with Gasteiger partial charge in [-0.3, -0.25) is 0 Å². The van der Waals surface area contributed by atoms with Crippen LogP contribution in [-0.4, -0.2) is 38.3 Å². The Morgan fingerprint density at radius 2 is 2.36 bits per heavy atom. The lowest BCUT2D eigenvalue weighted by molar-refractivity contribution is 0.103. The highest BCUT2D eigenvalue weighted by atomic mass is 16.5. The molecule has 0 bridgehead atoms. The van der Waals surface area contributed by atoms with Crippen LogP contribution in [0, 0.1) is 5.92 Å². The summed E-state index contributed by atoms with van der Waals surface area (Å²) in [5.74, 6) is 0.798. The van der Waals surface area contributed by atoms with E-state index in [0.717, 1.165) is 25.6 Å². The molecular weight excluding hydrogens is 138 g/mol. The predicted octanol–water partition coefficient (Wildman–Crippen LogP) is 1.36. The highest BCUT2D eigenvalue weighted by Gasteiger charge is 2.18. The van der Waals surface area contributed by atoms with Gasteiger partial charge in [0.25, 0.3) is 0 Å². The average Bonchev–Trinajstić information content (AvgIpc) is 2.37. The number of hydrogen-bond acceptors (Lipinski definition) is 2. The van der Waals surface area contributed by atoms with Crippen molar-refractivity contribution >= 4 is 0 Å². The molecular formula is C9H19NO. The molecule has 2 nitrogen and oxygen atoms in total. The van der Waals surface area contributed by atoms with E-state index < -0.39 is 0 Å². The van der Waals surface area contributed by atoms with E-state index >= 15 is 0 Å². The third-order valence-electron chi connectivity index (χ3n) is 2.19. The van der Waals surface area contributed by atoms with E-state index in [2.05, 4.69) is 18.9 Å². The van der Waals surface area contributed by atoms with E-state index in [0.29, 0.717) is 0 Å². The summed E-state index contributed by atoms with van der Waals surface area (Å²) < 4.78 is 5.49. The van der Waals surface area contributed by atoms with Gasteiger partial charge in [0, 0.05) is 13.2 Å². The fourth-order valence-corrected chi connectivity index (χ4v) is 1.56. The molecule has 0 saturated carbocycles. The van der Waals surface area contributed by atoms with Crippen molar-refractivity contribution in [3.8, 4) is 0 Å². The lowest BCUT2D eigenvalue weighted by Crippen LogP contribution is -2.16. The first kappa shape index (κ1) is 9.01. The first-order valence-electron chi connectivity index (χ1n) is 4.59. The molecule has 1 rings (SSSR count).